The molecule has 31 heavy (non-hydrogen) atoms. The molecule has 0 aliphatic carbocycles. The molecule has 0 aromatic carbocycles. The molecule has 1 aromatic rings. The first kappa shape index (κ1) is 24.6. The molecule has 0 spiro atoms. The third-order valence-corrected chi connectivity index (χ3v) is 4.52. The number of aliphatic imine (C=N–C) groups is 1. The number of carbonyl (C=O) groups is 1. The van der Waals surface area contributed by atoms with E-state index in [1.807, 2.05) is 0 Å². The lowest BCUT2D eigenvalue weighted by Gasteiger charge is -2.36. The fourth-order valence-corrected chi connectivity index (χ4v) is 2.95. The second-order valence-corrected chi connectivity index (χ2v) is 6.77. The number of aromatic nitrogens is 2. The molecule has 1 fully saturated rings. The molecule has 1 aromatic heterocycles. The molecule has 174 valence electrons. The van der Waals surface area contributed by atoms with Crippen molar-refractivity contribution in [3.63, 3.8) is 0 Å². The number of rotatable bonds is 9. The molecule has 1 amide bonds. The van der Waals surface area contributed by atoms with E-state index in [0.29, 0.717) is 64.9 Å². The van der Waals surface area contributed by atoms with Gasteiger partial charge < -0.3 is 25.6 Å². The maximum absolute atomic E-state index is 12.7. The molecule has 0 radical (unpaired) electrons. The van der Waals surface area contributed by atoms with E-state index in [-0.39, 0.29) is 11.9 Å². The highest BCUT2D eigenvalue weighted by molar-refractivity contribution is 5.80. The predicted octanol–water partition coefficient (Wildman–Crippen LogP) is -0.137. The fraction of sp³-hybridized carbons (Fsp3) is 0.667. The smallest absolute Gasteiger partial charge is 0.383 e. The van der Waals surface area contributed by atoms with Crippen LogP contribution in [0.3, 0.4) is 0 Å². The van der Waals surface area contributed by atoms with Gasteiger partial charge in [-0.3, -0.25) is 14.7 Å². The van der Waals surface area contributed by atoms with Crippen LogP contribution >= 0.6 is 0 Å². The quantitative estimate of drug-likeness (QED) is 0.274. The van der Waals surface area contributed by atoms with Gasteiger partial charge in [-0.25, -0.2) is 9.97 Å². The van der Waals surface area contributed by atoms with Crippen LogP contribution in [0.25, 0.3) is 0 Å². The fourth-order valence-electron chi connectivity index (χ4n) is 2.95. The number of guanidine groups is 1. The van der Waals surface area contributed by atoms with Gasteiger partial charge in [-0.2, -0.15) is 13.2 Å². The van der Waals surface area contributed by atoms with Gasteiger partial charge in [0.2, 0.25) is 11.9 Å². The number of piperazine rings is 1. The molecule has 2 heterocycles. The molecule has 1 aliphatic heterocycles. The Labute approximate surface area is 179 Å². The number of anilines is 1. The minimum Gasteiger partial charge on any atom is -0.383 e. The lowest BCUT2D eigenvalue weighted by molar-refractivity contribution is -0.141. The first-order chi connectivity index (χ1) is 14.8. The molecule has 13 heteroatoms. The van der Waals surface area contributed by atoms with Gasteiger partial charge in [0.1, 0.15) is 5.69 Å². The van der Waals surface area contributed by atoms with Crippen molar-refractivity contribution in [2.24, 2.45) is 4.99 Å². The number of carbonyl (C=O) groups excluding carboxylic acids is 1. The summed E-state index contributed by atoms with van der Waals surface area (Å²) in [4.78, 5) is 27.5. The van der Waals surface area contributed by atoms with Gasteiger partial charge in [-0.1, -0.05) is 0 Å². The van der Waals surface area contributed by atoms with Crippen LogP contribution in [0.5, 0.6) is 0 Å². The zero-order chi connectivity index (χ0) is 22.7. The van der Waals surface area contributed by atoms with Gasteiger partial charge in [-0.05, 0) is 6.07 Å². The van der Waals surface area contributed by atoms with Gasteiger partial charge in [-0.15, -0.1) is 0 Å². The molecular formula is C18H29F3N8O2. The second-order valence-electron chi connectivity index (χ2n) is 6.77. The van der Waals surface area contributed by atoms with E-state index in [9.17, 15) is 18.0 Å². The number of amides is 1. The average Bonchev–Trinajstić information content (AvgIpc) is 2.74. The first-order valence-electron chi connectivity index (χ1n) is 9.91. The van der Waals surface area contributed by atoms with E-state index in [1.165, 1.54) is 0 Å². The standard InChI is InChI=1S/C18H29F3N8O2/c1-22-17(26-6-5-25-16-24-4-3-14(27-16)18(19,20)21)29-10-8-28(9-11-29)13-15(30)23-7-12-31-2/h3-4H,5-13H2,1-2H3,(H,22,26)(H,23,30)(H,24,25,27). The van der Waals surface area contributed by atoms with Crippen LogP contribution in [-0.4, -0.2) is 105 Å². The monoisotopic (exact) mass is 446 g/mol. The molecule has 0 bridgehead atoms. The van der Waals surface area contributed by atoms with E-state index >= 15 is 0 Å². The van der Waals surface area contributed by atoms with Crippen LogP contribution in [0, 0.1) is 0 Å². The van der Waals surface area contributed by atoms with E-state index in [2.05, 4.69) is 40.7 Å². The van der Waals surface area contributed by atoms with Crippen molar-refractivity contribution in [2.75, 3.05) is 78.4 Å². The Morgan fingerprint density at radius 3 is 2.58 bits per heavy atom. The molecule has 2 rings (SSSR count). The van der Waals surface area contributed by atoms with Crippen molar-refractivity contribution in [1.29, 1.82) is 0 Å². The Balaban J connectivity index is 1.69. The SMILES string of the molecule is CN=C(NCCNc1nccc(C(F)(F)F)n1)N1CCN(CC(=O)NCCOC)CC1. The summed E-state index contributed by atoms with van der Waals surface area (Å²) in [7, 11) is 3.25. The average molecular weight is 446 g/mol. The summed E-state index contributed by atoms with van der Waals surface area (Å²) in [6, 6.07) is 0.828. The van der Waals surface area contributed by atoms with Gasteiger partial charge in [0.15, 0.2) is 5.96 Å². The van der Waals surface area contributed by atoms with Crippen molar-refractivity contribution < 1.29 is 22.7 Å². The van der Waals surface area contributed by atoms with Crippen LogP contribution in [0.15, 0.2) is 17.3 Å². The highest BCUT2D eigenvalue weighted by Gasteiger charge is 2.32. The Morgan fingerprint density at radius 1 is 1.19 bits per heavy atom. The predicted molar refractivity (Wildman–Crippen MR) is 110 cm³/mol. The number of nitrogens with zero attached hydrogens (tertiary/aromatic N) is 5. The molecule has 1 aliphatic rings. The summed E-state index contributed by atoms with van der Waals surface area (Å²) in [6.45, 7) is 4.90. The summed E-state index contributed by atoms with van der Waals surface area (Å²) in [5, 5.41) is 8.74. The Bertz CT molecular complexity index is 724. The van der Waals surface area contributed by atoms with Crippen molar-refractivity contribution in [1.82, 2.24) is 30.4 Å². The maximum atomic E-state index is 12.7. The molecule has 0 atom stereocenters. The normalized spacial score (nSPS) is 15.6. The molecular weight excluding hydrogens is 417 g/mol. The Morgan fingerprint density at radius 2 is 1.94 bits per heavy atom. The van der Waals surface area contributed by atoms with Crippen LogP contribution in [0.2, 0.25) is 0 Å². The molecule has 3 N–H and O–H groups in total. The zero-order valence-electron chi connectivity index (χ0n) is 17.7. The van der Waals surface area contributed by atoms with Crippen LogP contribution < -0.4 is 16.0 Å². The van der Waals surface area contributed by atoms with E-state index in [1.54, 1.807) is 14.2 Å². The van der Waals surface area contributed by atoms with Gasteiger partial charge in [0, 0.05) is 66.2 Å². The number of alkyl halides is 3. The minimum absolute atomic E-state index is 0.0316. The number of hydrogen-bond donors (Lipinski definition) is 3. The summed E-state index contributed by atoms with van der Waals surface area (Å²) in [6.07, 6.45) is -3.44. The molecule has 1 saturated heterocycles. The summed E-state index contributed by atoms with van der Waals surface area (Å²) < 4.78 is 43.0. The van der Waals surface area contributed by atoms with Crippen molar-refractivity contribution in [3.8, 4) is 0 Å². The molecule has 0 unspecified atom stereocenters. The van der Waals surface area contributed by atoms with Gasteiger partial charge >= 0.3 is 6.18 Å². The number of methoxy groups -OCH3 is 1. The summed E-state index contributed by atoms with van der Waals surface area (Å²) in [5.41, 5.74) is -0.987. The van der Waals surface area contributed by atoms with Crippen molar-refractivity contribution in [3.05, 3.63) is 18.0 Å². The van der Waals surface area contributed by atoms with Gasteiger partial charge in [0.05, 0.1) is 13.2 Å². The highest BCUT2D eigenvalue weighted by Crippen LogP contribution is 2.27. The zero-order valence-corrected chi connectivity index (χ0v) is 17.7. The number of nitrogens with one attached hydrogen (secondary N) is 3. The van der Waals surface area contributed by atoms with Crippen LogP contribution in [-0.2, 0) is 15.7 Å². The maximum Gasteiger partial charge on any atom is 0.433 e. The number of halogens is 3. The largest absolute Gasteiger partial charge is 0.433 e. The Hall–Kier alpha value is -2.67. The van der Waals surface area contributed by atoms with E-state index < -0.39 is 11.9 Å². The van der Waals surface area contributed by atoms with Crippen LogP contribution in [0.1, 0.15) is 5.69 Å². The van der Waals surface area contributed by atoms with Crippen molar-refractivity contribution in [2.45, 2.75) is 6.18 Å². The molecule has 0 saturated carbocycles. The third kappa shape index (κ3) is 8.53. The first-order valence-corrected chi connectivity index (χ1v) is 9.91. The van der Waals surface area contributed by atoms with Gasteiger partial charge in [0.25, 0.3) is 0 Å². The summed E-state index contributed by atoms with van der Waals surface area (Å²) >= 11 is 0. The second kappa shape index (κ2) is 12.2. The van der Waals surface area contributed by atoms with Crippen molar-refractivity contribution >= 4 is 17.8 Å². The van der Waals surface area contributed by atoms with E-state index in [0.717, 1.165) is 12.3 Å². The Kier molecular flexibility index (Phi) is 9.72. The molecule has 10 nitrogen and oxygen atoms in total. The highest BCUT2D eigenvalue weighted by atomic mass is 19.4. The lowest BCUT2D eigenvalue weighted by atomic mass is 10.3. The number of ether oxygens (including phenoxy) is 1. The third-order valence-electron chi connectivity index (χ3n) is 4.52. The minimum atomic E-state index is -4.51. The summed E-state index contributed by atoms with van der Waals surface area (Å²) in [5.74, 6) is 0.579. The number of hydrogen-bond acceptors (Lipinski definition) is 7. The van der Waals surface area contributed by atoms with E-state index in [4.69, 9.17) is 4.74 Å². The topological polar surface area (TPSA) is 107 Å². The van der Waals surface area contributed by atoms with Crippen LogP contribution in [0.4, 0.5) is 19.1 Å². The lowest BCUT2D eigenvalue weighted by Crippen LogP contribution is -2.54.